The molecule has 0 unspecified atom stereocenters. The van der Waals surface area contributed by atoms with E-state index in [0.29, 0.717) is 0 Å². The molecule has 0 saturated heterocycles. The van der Waals surface area contributed by atoms with Crippen molar-refractivity contribution in [3.05, 3.63) is 23.8 Å². The fourth-order valence-corrected chi connectivity index (χ4v) is 1.89. The molecular formula is C19H27NO7. The molecule has 0 heterocycles. The number of nitrogen functional groups attached to an aromatic ring is 1. The zero-order valence-electron chi connectivity index (χ0n) is 16.6. The minimum atomic E-state index is -0.730. The number of hydrogen-bond donors (Lipinski definition) is 1. The van der Waals surface area contributed by atoms with Crippen molar-refractivity contribution in [2.45, 2.75) is 52.7 Å². The molecule has 0 fully saturated rings. The Morgan fingerprint density at radius 3 is 1.89 bits per heavy atom. The Hall–Kier alpha value is -2.77. The number of carbonyl (C=O) groups is 3. The zero-order valence-corrected chi connectivity index (χ0v) is 16.6. The van der Waals surface area contributed by atoms with Gasteiger partial charge < -0.3 is 24.7 Å². The van der Waals surface area contributed by atoms with Crippen molar-refractivity contribution >= 4 is 23.6 Å². The van der Waals surface area contributed by atoms with E-state index in [1.165, 1.54) is 18.2 Å². The van der Waals surface area contributed by atoms with Gasteiger partial charge in [-0.1, -0.05) is 0 Å². The van der Waals surface area contributed by atoms with Gasteiger partial charge in [-0.2, -0.15) is 0 Å². The molecular weight excluding hydrogens is 354 g/mol. The molecule has 1 aromatic rings. The van der Waals surface area contributed by atoms with Crippen LogP contribution in [-0.4, -0.2) is 42.3 Å². The highest BCUT2D eigenvalue weighted by molar-refractivity contribution is 5.92. The Labute approximate surface area is 158 Å². The van der Waals surface area contributed by atoms with Gasteiger partial charge in [0.15, 0.2) is 13.2 Å². The lowest BCUT2D eigenvalue weighted by Crippen LogP contribution is -2.27. The zero-order chi connectivity index (χ0) is 20.8. The number of anilines is 1. The second-order valence-corrected chi connectivity index (χ2v) is 7.79. The van der Waals surface area contributed by atoms with Crippen LogP contribution in [0.4, 0.5) is 5.69 Å². The van der Waals surface area contributed by atoms with Gasteiger partial charge in [0.05, 0.1) is 11.3 Å². The molecule has 150 valence electrons. The molecule has 0 atom stereocenters. The molecule has 0 spiro atoms. The lowest BCUT2D eigenvalue weighted by atomic mass is 10.2. The molecule has 0 aliphatic carbocycles. The fourth-order valence-electron chi connectivity index (χ4n) is 1.89. The van der Waals surface area contributed by atoms with Crippen LogP contribution in [0.25, 0.3) is 0 Å². The maximum atomic E-state index is 12.0. The van der Waals surface area contributed by atoms with Crippen molar-refractivity contribution in [1.82, 2.24) is 0 Å². The van der Waals surface area contributed by atoms with Crippen molar-refractivity contribution in [1.29, 1.82) is 0 Å². The molecule has 8 nitrogen and oxygen atoms in total. The number of ether oxygens (including phenoxy) is 4. The maximum absolute atomic E-state index is 12.0. The summed E-state index contributed by atoms with van der Waals surface area (Å²) in [6.45, 7) is 9.55. The quantitative estimate of drug-likeness (QED) is 0.454. The molecule has 1 rings (SSSR count). The third-order valence-electron chi connectivity index (χ3n) is 2.75. The predicted molar refractivity (Wildman–Crippen MR) is 98.3 cm³/mol. The van der Waals surface area contributed by atoms with Gasteiger partial charge in [0.2, 0.25) is 0 Å². The summed E-state index contributed by atoms with van der Waals surface area (Å²) in [6, 6.07) is 4.18. The summed E-state index contributed by atoms with van der Waals surface area (Å²) in [5.74, 6) is -1.69. The van der Waals surface area contributed by atoms with Gasteiger partial charge in [-0.05, 0) is 59.7 Å². The number of carbonyl (C=O) groups excluding carboxylic acids is 3. The minimum Gasteiger partial charge on any atom is -0.480 e. The van der Waals surface area contributed by atoms with Crippen molar-refractivity contribution < 1.29 is 33.3 Å². The summed E-state index contributed by atoms with van der Waals surface area (Å²) in [5.41, 5.74) is 4.84. The first-order chi connectivity index (χ1) is 12.3. The number of hydrogen-bond acceptors (Lipinski definition) is 8. The van der Waals surface area contributed by atoms with Crippen LogP contribution < -0.4 is 10.5 Å². The van der Waals surface area contributed by atoms with Crippen LogP contribution in [-0.2, 0) is 23.8 Å². The van der Waals surface area contributed by atoms with Crippen LogP contribution >= 0.6 is 0 Å². The van der Waals surface area contributed by atoms with Crippen LogP contribution in [0.1, 0.15) is 51.9 Å². The molecule has 0 radical (unpaired) electrons. The van der Waals surface area contributed by atoms with Gasteiger partial charge in [0.25, 0.3) is 0 Å². The van der Waals surface area contributed by atoms with E-state index in [9.17, 15) is 14.4 Å². The van der Waals surface area contributed by atoms with E-state index >= 15 is 0 Å². The van der Waals surface area contributed by atoms with Gasteiger partial charge in [0, 0.05) is 0 Å². The van der Waals surface area contributed by atoms with Crippen molar-refractivity contribution in [3.8, 4) is 5.75 Å². The first-order valence-corrected chi connectivity index (χ1v) is 8.40. The summed E-state index contributed by atoms with van der Waals surface area (Å²) in [6.07, 6.45) is 0. The summed E-state index contributed by atoms with van der Waals surface area (Å²) >= 11 is 0. The Morgan fingerprint density at radius 2 is 1.41 bits per heavy atom. The topological polar surface area (TPSA) is 114 Å². The predicted octanol–water partition coefficient (Wildman–Crippen LogP) is 2.49. The maximum Gasteiger partial charge on any atom is 0.344 e. The Bertz CT molecular complexity index is 699. The van der Waals surface area contributed by atoms with Crippen molar-refractivity contribution in [3.63, 3.8) is 0 Å². The molecule has 0 bridgehead atoms. The summed E-state index contributed by atoms with van der Waals surface area (Å²) in [4.78, 5) is 35.2. The summed E-state index contributed by atoms with van der Waals surface area (Å²) < 4.78 is 20.4. The van der Waals surface area contributed by atoms with Gasteiger partial charge in [0.1, 0.15) is 17.0 Å². The van der Waals surface area contributed by atoms with E-state index in [2.05, 4.69) is 0 Å². The van der Waals surface area contributed by atoms with Crippen LogP contribution in [0.5, 0.6) is 5.75 Å². The molecule has 1 aromatic carbocycles. The summed E-state index contributed by atoms with van der Waals surface area (Å²) in [5, 5.41) is 0. The lowest BCUT2D eigenvalue weighted by Gasteiger charge is -2.19. The number of esters is 3. The molecule has 8 heteroatoms. The highest BCUT2D eigenvalue weighted by atomic mass is 16.6. The van der Waals surface area contributed by atoms with E-state index < -0.39 is 35.7 Å². The van der Waals surface area contributed by atoms with E-state index in [1.54, 1.807) is 41.5 Å². The van der Waals surface area contributed by atoms with Gasteiger partial charge in [-0.15, -0.1) is 0 Å². The SMILES string of the molecule is CC(C)(C)OC(=O)COC(=O)c1ccc(OCC(=O)OC(C)(C)C)c(N)c1. The van der Waals surface area contributed by atoms with E-state index in [4.69, 9.17) is 24.7 Å². The molecule has 0 aliphatic heterocycles. The molecule has 0 saturated carbocycles. The van der Waals surface area contributed by atoms with Gasteiger partial charge in [-0.25, -0.2) is 14.4 Å². The van der Waals surface area contributed by atoms with E-state index in [1.807, 2.05) is 0 Å². The standard InChI is InChI=1S/C19H27NO7/c1-18(2,3)26-15(21)10-24-14-8-7-12(9-13(14)20)17(23)25-11-16(22)27-19(4,5)6/h7-9H,10-11,20H2,1-6H3. The molecule has 2 N–H and O–H groups in total. The monoisotopic (exact) mass is 381 g/mol. The van der Waals surface area contributed by atoms with Crippen molar-refractivity contribution in [2.24, 2.45) is 0 Å². The average molecular weight is 381 g/mol. The normalized spacial score (nSPS) is 11.5. The molecule has 0 amide bonds. The minimum absolute atomic E-state index is 0.140. The third kappa shape index (κ3) is 8.94. The lowest BCUT2D eigenvalue weighted by molar-refractivity contribution is -0.158. The smallest absolute Gasteiger partial charge is 0.344 e. The Morgan fingerprint density at radius 1 is 0.889 bits per heavy atom. The first kappa shape index (κ1) is 22.3. The molecule has 0 aromatic heterocycles. The van der Waals surface area contributed by atoms with Gasteiger partial charge >= 0.3 is 17.9 Å². The number of nitrogens with two attached hydrogens (primary N) is 1. The van der Waals surface area contributed by atoms with Crippen LogP contribution in [0.15, 0.2) is 18.2 Å². The first-order valence-electron chi connectivity index (χ1n) is 8.40. The number of benzene rings is 1. The van der Waals surface area contributed by atoms with Crippen molar-refractivity contribution in [2.75, 3.05) is 18.9 Å². The second kappa shape index (κ2) is 8.75. The van der Waals surface area contributed by atoms with Crippen LogP contribution in [0.2, 0.25) is 0 Å². The highest BCUT2D eigenvalue weighted by Crippen LogP contribution is 2.23. The van der Waals surface area contributed by atoms with Gasteiger partial charge in [-0.3, -0.25) is 0 Å². The van der Waals surface area contributed by atoms with E-state index in [-0.39, 0.29) is 23.6 Å². The van der Waals surface area contributed by atoms with Crippen LogP contribution in [0, 0.1) is 0 Å². The summed E-state index contributed by atoms with van der Waals surface area (Å²) in [7, 11) is 0. The average Bonchev–Trinajstić information content (AvgIpc) is 2.48. The molecule has 0 aliphatic rings. The molecule has 27 heavy (non-hydrogen) atoms. The van der Waals surface area contributed by atoms with Crippen LogP contribution in [0.3, 0.4) is 0 Å². The van der Waals surface area contributed by atoms with E-state index in [0.717, 1.165) is 0 Å². The Balaban J connectivity index is 2.60. The third-order valence-corrected chi connectivity index (χ3v) is 2.75. The largest absolute Gasteiger partial charge is 0.480 e. The number of rotatable bonds is 6. The fraction of sp³-hybridized carbons (Fsp3) is 0.526. The highest BCUT2D eigenvalue weighted by Gasteiger charge is 2.19. The second-order valence-electron chi connectivity index (χ2n) is 7.79. The Kier molecular flexibility index (Phi) is 7.21.